The van der Waals surface area contributed by atoms with E-state index in [2.05, 4.69) is 30.5 Å². The van der Waals surface area contributed by atoms with Crippen LogP contribution in [-0.4, -0.2) is 54.9 Å². The van der Waals surface area contributed by atoms with Crippen molar-refractivity contribution in [2.75, 3.05) is 31.1 Å². The molecule has 29 heavy (non-hydrogen) atoms. The number of aliphatic imine (C=N–C) groups is 1. The predicted octanol–water partition coefficient (Wildman–Crippen LogP) is 2.36. The average molecular weight is 408 g/mol. The molecule has 0 amide bonds. The fourth-order valence-corrected chi connectivity index (χ4v) is 3.23. The Hall–Kier alpha value is -2.91. The van der Waals surface area contributed by atoms with Gasteiger partial charge in [-0.2, -0.15) is 13.8 Å². The van der Waals surface area contributed by atoms with Gasteiger partial charge in [-0.3, -0.25) is 4.99 Å². The van der Waals surface area contributed by atoms with Gasteiger partial charge in [0.15, 0.2) is 11.8 Å². The highest BCUT2D eigenvalue weighted by Crippen LogP contribution is 2.31. The minimum Gasteiger partial charge on any atom is -0.433 e. The van der Waals surface area contributed by atoms with E-state index >= 15 is 0 Å². The molecule has 158 valence electrons. The van der Waals surface area contributed by atoms with Gasteiger partial charge in [-0.05, 0) is 32.4 Å². The molecule has 1 aliphatic heterocycles. The average Bonchev–Trinajstić information content (AvgIpc) is 3.31. The number of nitrogens with zero attached hydrogens (tertiary/aromatic N) is 4. The van der Waals surface area contributed by atoms with Crippen LogP contribution in [0.25, 0.3) is 0 Å². The Morgan fingerprint density at radius 3 is 2.97 bits per heavy atom. The van der Waals surface area contributed by atoms with Crippen molar-refractivity contribution in [2.45, 2.75) is 39.3 Å². The van der Waals surface area contributed by atoms with E-state index in [0.29, 0.717) is 42.9 Å². The third kappa shape index (κ3) is 6.03. The van der Waals surface area contributed by atoms with Crippen LogP contribution in [0.5, 0.6) is 5.75 Å². The number of para-hydroxylation sites is 2. The molecule has 0 bridgehead atoms. The third-order valence-electron chi connectivity index (χ3n) is 4.46. The van der Waals surface area contributed by atoms with E-state index in [9.17, 15) is 8.78 Å². The molecule has 2 N–H and O–H groups in total. The number of benzene rings is 1. The van der Waals surface area contributed by atoms with Gasteiger partial charge in [0.2, 0.25) is 5.89 Å². The predicted molar refractivity (Wildman–Crippen MR) is 106 cm³/mol. The number of aryl methyl sites for hydroxylation is 1. The molecule has 1 saturated heterocycles. The maximum Gasteiger partial charge on any atom is 0.387 e. The van der Waals surface area contributed by atoms with Gasteiger partial charge >= 0.3 is 6.61 Å². The fraction of sp³-hybridized carbons (Fsp3) is 0.526. The van der Waals surface area contributed by atoms with E-state index in [1.807, 2.05) is 17.9 Å². The Morgan fingerprint density at radius 1 is 1.41 bits per heavy atom. The third-order valence-corrected chi connectivity index (χ3v) is 4.46. The van der Waals surface area contributed by atoms with Crippen LogP contribution < -0.4 is 20.3 Å². The number of hydrogen-bond acceptors (Lipinski definition) is 6. The summed E-state index contributed by atoms with van der Waals surface area (Å²) in [6, 6.07) is 7.00. The molecule has 0 saturated carbocycles. The normalized spacial score (nSPS) is 17.1. The standard InChI is InChI=1S/C19H26F2N6O2/c1-3-22-19(23-10-8-17-24-13(2)26-29-17)25-14-9-11-27(12-14)15-6-4-5-7-16(15)28-18(20)21/h4-7,14,18H,3,8-12H2,1-2H3,(H2,22,23,25). The summed E-state index contributed by atoms with van der Waals surface area (Å²) >= 11 is 0. The fourth-order valence-electron chi connectivity index (χ4n) is 3.23. The molecule has 1 aromatic carbocycles. The molecule has 1 aromatic heterocycles. The Bertz CT molecular complexity index is 814. The van der Waals surface area contributed by atoms with Gasteiger partial charge in [0, 0.05) is 32.1 Å². The number of hydrogen-bond donors (Lipinski definition) is 2. The van der Waals surface area contributed by atoms with Crippen LogP contribution in [0.4, 0.5) is 14.5 Å². The summed E-state index contributed by atoms with van der Waals surface area (Å²) in [5.74, 6) is 2.06. The minimum absolute atomic E-state index is 0.137. The van der Waals surface area contributed by atoms with Crippen molar-refractivity contribution < 1.29 is 18.0 Å². The summed E-state index contributed by atoms with van der Waals surface area (Å²) in [7, 11) is 0. The second kappa shape index (κ2) is 10.0. The van der Waals surface area contributed by atoms with Crippen LogP contribution in [0, 0.1) is 6.92 Å². The van der Waals surface area contributed by atoms with E-state index < -0.39 is 6.61 Å². The van der Waals surface area contributed by atoms with Crippen LogP contribution in [0.2, 0.25) is 0 Å². The number of nitrogens with one attached hydrogen (secondary N) is 2. The lowest BCUT2D eigenvalue weighted by Crippen LogP contribution is -2.44. The molecule has 1 unspecified atom stereocenters. The smallest absolute Gasteiger partial charge is 0.387 e. The first kappa shape index (κ1) is 20.8. The summed E-state index contributed by atoms with van der Waals surface area (Å²) in [6.45, 7) is 3.57. The second-order valence-electron chi connectivity index (χ2n) is 6.67. The van der Waals surface area contributed by atoms with Crippen molar-refractivity contribution in [3.8, 4) is 5.75 Å². The summed E-state index contributed by atoms with van der Waals surface area (Å²) < 4.78 is 35.1. The maximum atomic E-state index is 12.7. The zero-order valence-electron chi connectivity index (χ0n) is 16.6. The highest BCUT2D eigenvalue weighted by molar-refractivity contribution is 5.80. The van der Waals surface area contributed by atoms with Crippen molar-refractivity contribution in [1.29, 1.82) is 0 Å². The summed E-state index contributed by atoms with van der Waals surface area (Å²) in [6.07, 6.45) is 1.42. The van der Waals surface area contributed by atoms with E-state index in [4.69, 9.17) is 4.52 Å². The molecule has 8 nitrogen and oxygen atoms in total. The zero-order valence-corrected chi connectivity index (χ0v) is 16.6. The Morgan fingerprint density at radius 2 is 2.24 bits per heavy atom. The van der Waals surface area contributed by atoms with Crippen molar-refractivity contribution >= 4 is 11.6 Å². The van der Waals surface area contributed by atoms with E-state index in [-0.39, 0.29) is 11.8 Å². The molecule has 1 atom stereocenters. The molecule has 10 heteroatoms. The van der Waals surface area contributed by atoms with Crippen molar-refractivity contribution in [3.05, 3.63) is 36.0 Å². The van der Waals surface area contributed by atoms with Gasteiger partial charge in [-0.1, -0.05) is 17.3 Å². The van der Waals surface area contributed by atoms with Gasteiger partial charge < -0.3 is 24.8 Å². The van der Waals surface area contributed by atoms with Gasteiger partial charge in [-0.25, -0.2) is 0 Å². The lowest BCUT2D eigenvalue weighted by Gasteiger charge is -2.22. The number of alkyl halides is 2. The molecule has 0 spiro atoms. The molecule has 2 aromatic rings. The second-order valence-corrected chi connectivity index (χ2v) is 6.67. The maximum absolute atomic E-state index is 12.7. The molecule has 1 aliphatic rings. The molecule has 0 aliphatic carbocycles. The van der Waals surface area contributed by atoms with Gasteiger partial charge in [0.05, 0.1) is 12.2 Å². The topological polar surface area (TPSA) is 87.8 Å². The first-order chi connectivity index (χ1) is 14.0. The molecule has 3 rings (SSSR count). The number of ether oxygens (including phenoxy) is 1. The largest absolute Gasteiger partial charge is 0.433 e. The van der Waals surface area contributed by atoms with Gasteiger partial charge in [0.1, 0.15) is 5.75 Å². The van der Waals surface area contributed by atoms with Crippen LogP contribution >= 0.6 is 0 Å². The van der Waals surface area contributed by atoms with E-state index in [0.717, 1.165) is 19.5 Å². The van der Waals surface area contributed by atoms with Crippen molar-refractivity contribution in [3.63, 3.8) is 0 Å². The number of guanidine groups is 1. The zero-order chi connectivity index (χ0) is 20.6. The molecule has 1 fully saturated rings. The Labute approximate surface area is 168 Å². The van der Waals surface area contributed by atoms with Crippen molar-refractivity contribution in [2.24, 2.45) is 4.99 Å². The quantitative estimate of drug-likeness (QED) is 0.512. The molecular weight excluding hydrogens is 382 g/mol. The van der Waals surface area contributed by atoms with Crippen molar-refractivity contribution in [1.82, 2.24) is 20.8 Å². The summed E-state index contributed by atoms with van der Waals surface area (Å²) in [5, 5.41) is 10.4. The summed E-state index contributed by atoms with van der Waals surface area (Å²) in [5.41, 5.74) is 0.672. The molecular formula is C19H26F2N6O2. The lowest BCUT2D eigenvalue weighted by atomic mass is 10.2. The first-order valence-corrected chi connectivity index (χ1v) is 9.68. The monoisotopic (exact) mass is 408 g/mol. The van der Waals surface area contributed by atoms with Crippen LogP contribution in [0.1, 0.15) is 25.1 Å². The first-order valence-electron chi connectivity index (χ1n) is 9.68. The van der Waals surface area contributed by atoms with E-state index in [1.54, 1.807) is 25.1 Å². The minimum atomic E-state index is -2.84. The Kier molecular flexibility index (Phi) is 7.20. The number of halogens is 2. The highest BCUT2D eigenvalue weighted by Gasteiger charge is 2.26. The molecule has 0 radical (unpaired) electrons. The Balaban J connectivity index is 1.57. The lowest BCUT2D eigenvalue weighted by molar-refractivity contribution is -0.0495. The molecule has 2 heterocycles. The number of anilines is 1. The van der Waals surface area contributed by atoms with Gasteiger partial charge in [0.25, 0.3) is 0 Å². The van der Waals surface area contributed by atoms with Crippen LogP contribution in [-0.2, 0) is 6.42 Å². The summed E-state index contributed by atoms with van der Waals surface area (Å²) in [4.78, 5) is 10.8. The number of aromatic nitrogens is 2. The number of rotatable bonds is 8. The highest BCUT2D eigenvalue weighted by atomic mass is 19.3. The van der Waals surface area contributed by atoms with Crippen LogP contribution in [0.3, 0.4) is 0 Å². The van der Waals surface area contributed by atoms with Crippen LogP contribution in [0.15, 0.2) is 33.8 Å². The SMILES string of the molecule is CCNC(=NCCc1nc(C)no1)NC1CCN(c2ccccc2OC(F)F)C1. The van der Waals surface area contributed by atoms with E-state index in [1.165, 1.54) is 0 Å². The van der Waals surface area contributed by atoms with Gasteiger partial charge in [-0.15, -0.1) is 0 Å².